The number of carbonyl (C=O) groups excluding carboxylic acids is 2. The van der Waals surface area contributed by atoms with E-state index < -0.39 is 11.5 Å². The second-order valence-electron chi connectivity index (χ2n) is 5.17. The summed E-state index contributed by atoms with van der Waals surface area (Å²) in [5, 5.41) is 20.8. The summed E-state index contributed by atoms with van der Waals surface area (Å²) >= 11 is 1.03. The molecule has 0 aliphatic heterocycles. The van der Waals surface area contributed by atoms with Crippen LogP contribution in [0.1, 0.15) is 24.6 Å². The zero-order chi connectivity index (χ0) is 18.2. The van der Waals surface area contributed by atoms with Gasteiger partial charge in [-0.1, -0.05) is 30.8 Å². The van der Waals surface area contributed by atoms with Gasteiger partial charge < -0.3 is 15.2 Å². The highest BCUT2D eigenvalue weighted by molar-refractivity contribution is 7.99. The minimum atomic E-state index is -1.26. The lowest BCUT2D eigenvalue weighted by Crippen LogP contribution is -2.25. The summed E-state index contributed by atoms with van der Waals surface area (Å²) in [4.78, 5) is 36.6. The number of carboxylic acids is 1. The number of aliphatic carboxylic acids is 1. The fourth-order valence-electron chi connectivity index (χ4n) is 1.95. The Bertz CT molecular complexity index is 805. The van der Waals surface area contributed by atoms with E-state index in [1.807, 2.05) is 24.3 Å². The van der Waals surface area contributed by atoms with Gasteiger partial charge in [0.05, 0.1) is 5.75 Å². The third kappa shape index (κ3) is 6.03. The third-order valence-electron chi connectivity index (χ3n) is 3.30. The number of hydrogen-bond acceptors (Lipinski definition) is 7. The molecule has 0 spiro atoms. The quantitative estimate of drug-likeness (QED) is 0.640. The van der Waals surface area contributed by atoms with Gasteiger partial charge in [-0.05, 0) is 30.5 Å². The molecule has 0 bridgehead atoms. The number of aromatic amines is 1. The number of rotatable bonds is 8. The molecule has 2 N–H and O–H groups in total. The molecule has 9 heteroatoms. The molecule has 1 amide bonds. The summed E-state index contributed by atoms with van der Waals surface area (Å²) in [6.07, 6.45) is 0.572. The number of nitrogens with one attached hydrogen (secondary N) is 2. The molecule has 0 aliphatic carbocycles. The molecule has 0 saturated heterocycles. The number of hydrogen-bond donors (Lipinski definition) is 2. The second kappa shape index (κ2) is 8.97. The van der Waals surface area contributed by atoms with Crippen LogP contribution in [-0.2, 0) is 22.4 Å². The van der Waals surface area contributed by atoms with Crippen molar-refractivity contribution in [2.24, 2.45) is 0 Å². The van der Waals surface area contributed by atoms with Crippen LogP contribution in [0.5, 0.6) is 0 Å². The molecule has 1 aromatic carbocycles. The van der Waals surface area contributed by atoms with Crippen molar-refractivity contribution in [1.29, 1.82) is 0 Å². The van der Waals surface area contributed by atoms with Crippen molar-refractivity contribution in [3.05, 3.63) is 45.9 Å². The van der Waals surface area contributed by atoms with E-state index in [4.69, 9.17) is 0 Å². The molecule has 1 aromatic heterocycles. The minimum Gasteiger partial charge on any atom is -0.550 e. The predicted octanol–water partition coefficient (Wildman–Crippen LogP) is 0.141. The maximum absolute atomic E-state index is 11.9. The maximum atomic E-state index is 11.9. The molecule has 1 heterocycles. The maximum Gasteiger partial charge on any atom is 0.273 e. The average molecular weight is 361 g/mol. The molecule has 0 saturated carbocycles. The van der Waals surface area contributed by atoms with Gasteiger partial charge in [-0.15, -0.1) is 10.2 Å². The van der Waals surface area contributed by atoms with Crippen molar-refractivity contribution in [3.63, 3.8) is 0 Å². The first kappa shape index (κ1) is 18.7. The van der Waals surface area contributed by atoms with Gasteiger partial charge in [0.25, 0.3) is 5.56 Å². The highest BCUT2D eigenvalue weighted by atomic mass is 32.2. The van der Waals surface area contributed by atoms with E-state index in [9.17, 15) is 19.5 Å². The number of H-pyrrole nitrogens is 1. The number of carbonyl (C=O) groups is 2. The number of nitrogens with zero attached hydrogens (tertiary/aromatic N) is 2. The molecule has 0 atom stereocenters. The minimum absolute atomic E-state index is 0.0222. The zero-order valence-corrected chi connectivity index (χ0v) is 14.4. The zero-order valence-electron chi connectivity index (χ0n) is 13.6. The number of aromatic nitrogens is 3. The van der Waals surface area contributed by atoms with Gasteiger partial charge in [0, 0.05) is 18.1 Å². The fourth-order valence-corrected chi connectivity index (χ4v) is 2.55. The number of aryl methyl sites for hydroxylation is 2. The van der Waals surface area contributed by atoms with Crippen LogP contribution >= 0.6 is 11.8 Å². The standard InChI is InChI=1S/C16H18N4O4S/c1-2-10-3-5-11(6-4-10)17-13(21)9-25-16-18-15(24)12(19-20-16)7-8-14(22)23/h3-6H,2,7-9H2,1H3,(H,17,21)(H,22,23)(H,18,20,24)/p-1. The number of carboxylic acid groups (broad SMARTS) is 1. The van der Waals surface area contributed by atoms with Crippen LogP contribution in [0.15, 0.2) is 34.2 Å². The molecule has 0 radical (unpaired) electrons. The van der Waals surface area contributed by atoms with Gasteiger partial charge in [-0.2, -0.15) is 0 Å². The lowest BCUT2D eigenvalue weighted by molar-refractivity contribution is -0.305. The lowest BCUT2D eigenvalue weighted by Gasteiger charge is -2.06. The third-order valence-corrected chi connectivity index (χ3v) is 4.16. The summed E-state index contributed by atoms with van der Waals surface area (Å²) in [7, 11) is 0. The number of amides is 1. The van der Waals surface area contributed by atoms with Crippen molar-refractivity contribution in [2.45, 2.75) is 31.3 Å². The summed E-state index contributed by atoms with van der Waals surface area (Å²) in [5.74, 6) is -1.44. The summed E-state index contributed by atoms with van der Waals surface area (Å²) < 4.78 is 0. The Morgan fingerprint density at radius 3 is 2.56 bits per heavy atom. The fraction of sp³-hybridized carbons (Fsp3) is 0.312. The molecule has 25 heavy (non-hydrogen) atoms. The molecule has 0 unspecified atom stereocenters. The Balaban J connectivity index is 1.87. The Hall–Kier alpha value is -2.68. The molecule has 2 rings (SSSR count). The smallest absolute Gasteiger partial charge is 0.273 e. The summed E-state index contributed by atoms with van der Waals surface area (Å²) in [5.41, 5.74) is 1.38. The number of thioether (sulfide) groups is 1. The summed E-state index contributed by atoms with van der Waals surface area (Å²) in [6, 6.07) is 7.54. The molecular weight excluding hydrogens is 344 g/mol. The van der Waals surface area contributed by atoms with Crippen molar-refractivity contribution >= 4 is 29.3 Å². The number of anilines is 1. The highest BCUT2D eigenvalue weighted by Crippen LogP contribution is 2.13. The van der Waals surface area contributed by atoms with Crippen molar-refractivity contribution in [3.8, 4) is 0 Å². The Labute approximate surface area is 148 Å². The first-order valence-corrected chi connectivity index (χ1v) is 8.63. The van der Waals surface area contributed by atoms with E-state index in [1.165, 1.54) is 5.56 Å². The predicted molar refractivity (Wildman–Crippen MR) is 91.2 cm³/mol. The molecule has 8 nitrogen and oxygen atoms in total. The second-order valence-corrected chi connectivity index (χ2v) is 6.13. The Kier molecular flexibility index (Phi) is 6.70. The van der Waals surface area contributed by atoms with Crippen LogP contribution in [0.3, 0.4) is 0 Å². The van der Waals surface area contributed by atoms with Crippen LogP contribution in [-0.4, -0.2) is 32.8 Å². The van der Waals surface area contributed by atoms with Gasteiger partial charge in [-0.3, -0.25) is 14.6 Å². The number of benzene rings is 1. The molecule has 2 aromatic rings. The van der Waals surface area contributed by atoms with Crippen molar-refractivity contribution < 1.29 is 14.7 Å². The topological polar surface area (TPSA) is 128 Å². The van der Waals surface area contributed by atoms with Gasteiger partial charge in [0.2, 0.25) is 5.91 Å². The lowest BCUT2D eigenvalue weighted by atomic mass is 10.1. The van der Waals surface area contributed by atoms with Crippen molar-refractivity contribution in [1.82, 2.24) is 15.2 Å². The average Bonchev–Trinajstić information content (AvgIpc) is 2.59. The molecular formula is C16H17N4O4S-. The molecule has 0 fully saturated rings. The summed E-state index contributed by atoms with van der Waals surface area (Å²) in [6.45, 7) is 2.05. The van der Waals surface area contributed by atoms with Gasteiger partial charge in [0.15, 0.2) is 5.16 Å². The monoisotopic (exact) mass is 361 g/mol. The van der Waals surface area contributed by atoms with Gasteiger partial charge in [0.1, 0.15) is 5.69 Å². The first-order valence-electron chi connectivity index (χ1n) is 7.65. The molecule has 0 aliphatic rings. The van der Waals surface area contributed by atoms with Gasteiger partial charge >= 0.3 is 0 Å². The Morgan fingerprint density at radius 2 is 1.96 bits per heavy atom. The van der Waals surface area contributed by atoms with Crippen LogP contribution in [0.2, 0.25) is 0 Å². The van der Waals surface area contributed by atoms with Crippen LogP contribution in [0.25, 0.3) is 0 Å². The largest absolute Gasteiger partial charge is 0.550 e. The SMILES string of the molecule is CCc1ccc(NC(=O)CSc2nnc(CCC(=O)[O-])c(=O)[nH]2)cc1. The first-order chi connectivity index (χ1) is 12.0. The highest BCUT2D eigenvalue weighted by Gasteiger charge is 2.08. The molecule has 132 valence electrons. The van der Waals surface area contributed by atoms with Gasteiger partial charge in [-0.25, -0.2) is 0 Å². The van der Waals surface area contributed by atoms with Crippen LogP contribution < -0.4 is 16.0 Å². The van der Waals surface area contributed by atoms with E-state index in [2.05, 4.69) is 27.4 Å². The van der Waals surface area contributed by atoms with Crippen LogP contribution in [0, 0.1) is 0 Å². The Morgan fingerprint density at radius 1 is 1.24 bits per heavy atom. The van der Waals surface area contributed by atoms with E-state index >= 15 is 0 Å². The van der Waals surface area contributed by atoms with E-state index in [0.717, 1.165) is 18.2 Å². The van der Waals surface area contributed by atoms with Crippen molar-refractivity contribution in [2.75, 3.05) is 11.1 Å². The van der Waals surface area contributed by atoms with E-state index in [0.29, 0.717) is 5.69 Å². The van der Waals surface area contributed by atoms with E-state index in [1.54, 1.807) is 0 Å². The normalized spacial score (nSPS) is 10.4. The van der Waals surface area contributed by atoms with E-state index in [-0.39, 0.29) is 35.4 Å². The van der Waals surface area contributed by atoms with Crippen LogP contribution in [0.4, 0.5) is 5.69 Å².